The van der Waals surface area contributed by atoms with Crippen molar-refractivity contribution >= 4 is 28.9 Å². The average Bonchev–Trinajstić information content (AvgIpc) is 2.35. The Hall–Kier alpha value is -1.25. The monoisotopic (exact) mass is 266 g/mol. The Balaban J connectivity index is 2.13. The zero-order chi connectivity index (χ0) is 12.3. The summed E-state index contributed by atoms with van der Waals surface area (Å²) in [6.45, 7) is 2.05. The van der Waals surface area contributed by atoms with Crippen LogP contribution < -0.4 is 5.32 Å². The van der Waals surface area contributed by atoms with E-state index < -0.39 is 0 Å². The van der Waals surface area contributed by atoms with E-state index in [-0.39, 0.29) is 6.04 Å². The molecule has 1 unspecified atom stereocenters. The van der Waals surface area contributed by atoms with Gasteiger partial charge in [0.15, 0.2) is 0 Å². The Morgan fingerprint density at radius 3 is 2.59 bits per heavy atom. The van der Waals surface area contributed by atoms with E-state index in [0.29, 0.717) is 10.0 Å². The second kappa shape index (κ2) is 5.39. The minimum absolute atomic E-state index is 0.119. The smallest absolute Gasteiger partial charge is 0.0657 e. The average molecular weight is 267 g/mol. The molecule has 88 valence electrons. The maximum absolute atomic E-state index is 5.96. The highest BCUT2D eigenvalue weighted by Gasteiger charge is 2.06. The van der Waals surface area contributed by atoms with Crippen molar-refractivity contribution < 1.29 is 0 Å². The fourth-order valence-corrected chi connectivity index (χ4v) is 1.84. The largest absolute Gasteiger partial charge is 0.377 e. The third-order valence-corrected chi connectivity index (χ3v) is 3.17. The van der Waals surface area contributed by atoms with Crippen molar-refractivity contribution in [2.45, 2.75) is 13.0 Å². The van der Waals surface area contributed by atoms with Crippen LogP contribution in [0.1, 0.15) is 18.7 Å². The van der Waals surface area contributed by atoms with E-state index in [0.717, 1.165) is 11.4 Å². The van der Waals surface area contributed by atoms with Crippen molar-refractivity contribution in [1.29, 1.82) is 0 Å². The van der Waals surface area contributed by atoms with Gasteiger partial charge in [0.1, 0.15) is 0 Å². The van der Waals surface area contributed by atoms with Crippen LogP contribution in [0.25, 0.3) is 0 Å². The molecule has 2 nitrogen and oxygen atoms in total. The van der Waals surface area contributed by atoms with Crippen LogP contribution in [0, 0.1) is 0 Å². The van der Waals surface area contributed by atoms with E-state index in [4.69, 9.17) is 23.2 Å². The van der Waals surface area contributed by atoms with Gasteiger partial charge >= 0.3 is 0 Å². The molecule has 17 heavy (non-hydrogen) atoms. The molecule has 0 saturated carbocycles. The molecule has 2 rings (SSSR count). The van der Waals surface area contributed by atoms with Gasteiger partial charge in [0.25, 0.3) is 0 Å². The van der Waals surface area contributed by atoms with Gasteiger partial charge in [-0.3, -0.25) is 4.98 Å². The summed E-state index contributed by atoms with van der Waals surface area (Å²) in [7, 11) is 0. The molecule has 0 amide bonds. The molecule has 4 heteroatoms. The van der Waals surface area contributed by atoms with Crippen LogP contribution in [0.4, 0.5) is 5.69 Å². The summed E-state index contributed by atoms with van der Waals surface area (Å²) in [6, 6.07) is 11.4. The normalized spacial score (nSPS) is 12.2. The van der Waals surface area contributed by atoms with Gasteiger partial charge in [-0.2, -0.15) is 0 Å². The third-order valence-electron chi connectivity index (χ3n) is 2.43. The first kappa shape index (κ1) is 12.2. The molecule has 0 aliphatic heterocycles. The Labute approximate surface area is 111 Å². The van der Waals surface area contributed by atoms with Crippen LogP contribution in [0.2, 0.25) is 10.0 Å². The standard InChI is InChI=1S/C13H12Cl2N2/c1-9(13-4-2-3-7-16-13)17-10-5-6-11(14)12(15)8-10/h2-9,17H,1H3. The molecule has 1 aromatic heterocycles. The molecule has 1 heterocycles. The van der Waals surface area contributed by atoms with Gasteiger partial charge in [-0.15, -0.1) is 0 Å². The first-order valence-electron chi connectivity index (χ1n) is 5.29. The predicted molar refractivity (Wildman–Crippen MR) is 72.7 cm³/mol. The molecule has 0 fully saturated rings. The molecular formula is C13H12Cl2N2. The Bertz CT molecular complexity index is 500. The molecular weight excluding hydrogens is 255 g/mol. The SMILES string of the molecule is CC(Nc1ccc(Cl)c(Cl)c1)c1ccccn1. The van der Waals surface area contributed by atoms with E-state index in [1.807, 2.05) is 37.3 Å². The molecule has 0 bridgehead atoms. The Morgan fingerprint density at radius 1 is 1.12 bits per heavy atom. The van der Waals surface area contributed by atoms with E-state index >= 15 is 0 Å². The summed E-state index contributed by atoms with van der Waals surface area (Å²) in [5.74, 6) is 0. The zero-order valence-corrected chi connectivity index (χ0v) is 10.8. The number of anilines is 1. The highest BCUT2D eigenvalue weighted by Crippen LogP contribution is 2.26. The lowest BCUT2D eigenvalue weighted by atomic mass is 10.2. The van der Waals surface area contributed by atoms with Crippen LogP contribution in [0.3, 0.4) is 0 Å². The molecule has 1 N–H and O–H groups in total. The lowest BCUT2D eigenvalue weighted by Gasteiger charge is -2.15. The summed E-state index contributed by atoms with van der Waals surface area (Å²) < 4.78 is 0. The van der Waals surface area contributed by atoms with Crippen molar-refractivity contribution in [3.05, 3.63) is 58.3 Å². The summed E-state index contributed by atoms with van der Waals surface area (Å²) in [4.78, 5) is 4.29. The maximum atomic E-state index is 5.96. The quantitative estimate of drug-likeness (QED) is 0.881. The van der Waals surface area contributed by atoms with Crippen LogP contribution in [0.15, 0.2) is 42.6 Å². The molecule has 0 radical (unpaired) electrons. The number of pyridine rings is 1. The van der Waals surface area contributed by atoms with Crippen LogP contribution in [-0.4, -0.2) is 4.98 Å². The van der Waals surface area contributed by atoms with Gasteiger partial charge in [0, 0.05) is 11.9 Å². The molecule has 1 aromatic carbocycles. The predicted octanol–water partition coefficient (Wildman–Crippen LogP) is 4.56. The van der Waals surface area contributed by atoms with Gasteiger partial charge in [-0.05, 0) is 37.3 Å². The number of nitrogens with one attached hydrogen (secondary N) is 1. The molecule has 0 saturated heterocycles. The number of benzene rings is 1. The fraction of sp³-hybridized carbons (Fsp3) is 0.154. The van der Waals surface area contributed by atoms with Gasteiger partial charge in [0.05, 0.1) is 21.8 Å². The number of halogens is 2. The summed E-state index contributed by atoms with van der Waals surface area (Å²) in [5.41, 5.74) is 1.91. The second-order valence-electron chi connectivity index (χ2n) is 3.75. The van der Waals surface area contributed by atoms with E-state index in [9.17, 15) is 0 Å². The van der Waals surface area contributed by atoms with E-state index in [1.165, 1.54) is 0 Å². The lowest BCUT2D eigenvalue weighted by molar-refractivity contribution is 0.839. The van der Waals surface area contributed by atoms with Gasteiger partial charge in [-0.25, -0.2) is 0 Å². The summed E-state index contributed by atoms with van der Waals surface area (Å²) >= 11 is 11.8. The molecule has 0 spiro atoms. The molecule has 1 atom stereocenters. The maximum Gasteiger partial charge on any atom is 0.0657 e. The fourth-order valence-electron chi connectivity index (χ4n) is 1.54. The van der Waals surface area contributed by atoms with E-state index in [1.54, 1.807) is 12.3 Å². The lowest BCUT2D eigenvalue weighted by Crippen LogP contribution is -2.07. The third kappa shape index (κ3) is 3.11. The van der Waals surface area contributed by atoms with Gasteiger partial charge in [0.2, 0.25) is 0 Å². The summed E-state index contributed by atoms with van der Waals surface area (Å²) in [5, 5.41) is 4.42. The first-order chi connectivity index (χ1) is 8.16. The number of hydrogen-bond acceptors (Lipinski definition) is 2. The van der Waals surface area contributed by atoms with Crippen molar-refractivity contribution in [1.82, 2.24) is 4.98 Å². The second-order valence-corrected chi connectivity index (χ2v) is 4.56. The van der Waals surface area contributed by atoms with Crippen LogP contribution in [0.5, 0.6) is 0 Å². The number of nitrogens with zero attached hydrogens (tertiary/aromatic N) is 1. The molecule has 2 aromatic rings. The van der Waals surface area contributed by atoms with Gasteiger partial charge < -0.3 is 5.32 Å². The molecule has 0 aliphatic rings. The highest BCUT2D eigenvalue weighted by atomic mass is 35.5. The zero-order valence-electron chi connectivity index (χ0n) is 9.32. The van der Waals surface area contributed by atoms with E-state index in [2.05, 4.69) is 10.3 Å². The minimum Gasteiger partial charge on any atom is -0.377 e. The Kier molecular flexibility index (Phi) is 3.87. The Morgan fingerprint density at radius 2 is 1.94 bits per heavy atom. The number of aromatic nitrogens is 1. The topological polar surface area (TPSA) is 24.9 Å². The van der Waals surface area contributed by atoms with Crippen LogP contribution in [-0.2, 0) is 0 Å². The first-order valence-corrected chi connectivity index (χ1v) is 6.05. The van der Waals surface area contributed by atoms with Crippen molar-refractivity contribution in [2.24, 2.45) is 0 Å². The highest BCUT2D eigenvalue weighted by molar-refractivity contribution is 6.42. The number of hydrogen-bond donors (Lipinski definition) is 1. The van der Waals surface area contributed by atoms with Gasteiger partial charge in [-0.1, -0.05) is 29.3 Å². The van der Waals surface area contributed by atoms with Crippen molar-refractivity contribution in [3.63, 3.8) is 0 Å². The van der Waals surface area contributed by atoms with Crippen molar-refractivity contribution in [2.75, 3.05) is 5.32 Å². The van der Waals surface area contributed by atoms with Crippen molar-refractivity contribution in [3.8, 4) is 0 Å². The minimum atomic E-state index is 0.119. The molecule has 0 aliphatic carbocycles. The summed E-state index contributed by atoms with van der Waals surface area (Å²) in [6.07, 6.45) is 1.78. The van der Waals surface area contributed by atoms with Crippen LogP contribution >= 0.6 is 23.2 Å². The number of rotatable bonds is 3.